The van der Waals surface area contributed by atoms with Gasteiger partial charge in [0, 0.05) is 24.5 Å². The third kappa shape index (κ3) is 2.73. The summed E-state index contributed by atoms with van der Waals surface area (Å²) < 4.78 is 44.4. The summed E-state index contributed by atoms with van der Waals surface area (Å²) in [6.45, 7) is 0.282. The molecule has 2 unspecified atom stereocenters. The van der Waals surface area contributed by atoms with Gasteiger partial charge in [0.1, 0.15) is 0 Å². The lowest BCUT2D eigenvalue weighted by Crippen LogP contribution is -2.43. The van der Waals surface area contributed by atoms with Crippen LogP contribution in [-0.4, -0.2) is 37.0 Å². The monoisotopic (exact) mass is 327 g/mol. The van der Waals surface area contributed by atoms with Crippen molar-refractivity contribution in [3.8, 4) is 0 Å². The van der Waals surface area contributed by atoms with Crippen LogP contribution >= 0.6 is 0 Å². The second-order valence-electron chi connectivity index (χ2n) is 6.17. The van der Waals surface area contributed by atoms with Gasteiger partial charge >= 0.3 is 12.1 Å². The molecule has 6 nitrogen and oxygen atoms in total. The van der Waals surface area contributed by atoms with Gasteiger partial charge < -0.3 is 4.42 Å². The van der Waals surface area contributed by atoms with Crippen molar-refractivity contribution in [1.29, 1.82) is 0 Å². The third-order valence-corrected chi connectivity index (χ3v) is 4.79. The van der Waals surface area contributed by atoms with Gasteiger partial charge in [0.05, 0.1) is 12.6 Å². The first-order chi connectivity index (χ1) is 11.0. The van der Waals surface area contributed by atoms with Crippen molar-refractivity contribution in [2.75, 3.05) is 0 Å². The highest BCUT2D eigenvalue weighted by Crippen LogP contribution is 2.41. The Morgan fingerprint density at radius 3 is 2.43 bits per heavy atom. The Hall–Kier alpha value is -1.90. The van der Waals surface area contributed by atoms with Crippen molar-refractivity contribution in [2.24, 2.45) is 0 Å². The summed E-state index contributed by atoms with van der Waals surface area (Å²) in [5, 5.41) is 11.0. The molecule has 4 heterocycles. The second kappa shape index (κ2) is 5.33. The van der Waals surface area contributed by atoms with Crippen LogP contribution in [0.2, 0.25) is 0 Å². The van der Waals surface area contributed by atoms with Crippen LogP contribution in [0.15, 0.2) is 22.9 Å². The Labute approximate surface area is 130 Å². The number of fused-ring (bicyclic) bond motifs is 2. The minimum absolute atomic E-state index is 0.0340. The van der Waals surface area contributed by atoms with E-state index in [1.165, 1.54) is 0 Å². The first-order valence-electron chi connectivity index (χ1n) is 7.65. The van der Waals surface area contributed by atoms with Gasteiger partial charge in [-0.15, -0.1) is 10.2 Å². The Balaban J connectivity index is 1.46. The van der Waals surface area contributed by atoms with E-state index in [1.54, 1.807) is 6.20 Å². The molecule has 2 aromatic rings. The van der Waals surface area contributed by atoms with Crippen LogP contribution in [0.1, 0.15) is 43.5 Å². The average molecular weight is 327 g/mol. The summed E-state index contributed by atoms with van der Waals surface area (Å²) in [5.41, 5.74) is 0. The number of rotatable bonds is 3. The fourth-order valence-corrected chi connectivity index (χ4v) is 3.80. The van der Waals surface area contributed by atoms with E-state index in [0.29, 0.717) is 18.1 Å². The molecule has 2 fully saturated rings. The van der Waals surface area contributed by atoms with Gasteiger partial charge in [0.15, 0.2) is 0 Å². The predicted octanol–water partition coefficient (Wildman–Crippen LogP) is 2.65. The first kappa shape index (κ1) is 14.7. The lowest BCUT2D eigenvalue weighted by molar-refractivity contribution is -0.157. The molecule has 2 atom stereocenters. The number of hydrogen-bond acceptors (Lipinski definition) is 5. The quantitative estimate of drug-likeness (QED) is 0.867. The smallest absolute Gasteiger partial charge is 0.416 e. The molecule has 0 N–H and O–H groups in total. The van der Waals surface area contributed by atoms with Gasteiger partial charge in [-0.3, -0.25) is 9.58 Å². The number of hydrogen-bond donors (Lipinski definition) is 0. The maximum atomic E-state index is 12.5. The number of nitrogens with zero attached hydrogens (tertiary/aromatic N) is 5. The van der Waals surface area contributed by atoms with E-state index in [0.717, 1.165) is 25.7 Å². The number of alkyl halides is 3. The number of piperidine rings is 1. The molecule has 2 aliphatic rings. The molecule has 0 saturated carbocycles. The van der Waals surface area contributed by atoms with E-state index in [-0.39, 0.29) is 12.4 Å². The third-order valence-electron chi connectivity index (χ3n) is 4.79. The maximum Gasteiger partial charge on any atom is 0.470 e. The summed E-state index contributed by atoms with van der Waals surface area (Å²) in [6, 6.07) is 2.91. The first-order valence-corrected chi connectivity index (χ1v) is 7.65. The minimum atomic E-state index is -4.59. The summed E-state index contributed by atoms with van der Waals surface area (Å²) in [4.78, 5) is 2.20. The van der Waals surface area contributed by atoms with Gasteiger partial charge in [-0.05, 0) is 31.7 Å². The summed E-state index contributed by atoms with van der Waals surface area (Å²) in [6.07, 6.45) is 3.12. The van der Waals surface area contributed by atoms with Gasteiger partial charge in [-0.1, -0.05) is 0 Å². The fraction of sp³-hybridized carbons (Fsp3) is 0.643. The van der Waals surface area contributed by atoms with Crippen LogP contribution in [-0.2, 0) is 12.7 Å². The fourth-order valence-electron chi connectivity index (χ4n) is 3.80. The molecular formula is C14H16F3N5O. The molecular weight excluding hydrogens is 311 g/mol. The van der Waals surface area contributed by atoms with E-state index in [2.05, 4.69) is 20.2 Å². The zero-order valence-electron chi connectivity index (χ0n) is 12.3. The van der Waals surface area contributed by atoms with Gasteiger partial charge in [0.25, 0.3) is 0 Å². The summed E-state index contributed by atoms with van der Waals surface area (Å²) in [5.74, 6) is -1.24. The molecule has 0 amide bonds. The van der Waals surface area contributed by atoms with Crippen molar-refractivity contribution >= 4 is 0 Å². The molecule has 9 heteroatoms. The predicted molar refractivity (Wildman–Crippen MR) is 72.2 cm³/mol. The average Bonchev–Trinajstić information content (AvgIpc) is 3.20. The van der Waals surface area contributed by atoms with Crippen molar-refractivity contribution in [3.63, 3.8) is 0 Å². The van der Waals surface area contributed by atoms with Crippen LogP contribution in [0.3, 0.4) is 0 Å². The van der Waals surface area contributed by atoms with Crippen LogP contribution in [0, 0.1) is 0 Å². The second-order valence-corrected chi connectivity index (χ2v) is 6.17. The Bertz CT molecular complexity index is 654. The van der Waals surface area contributed by atoms with Gasteiger partial charge in [-0.25, -0.2) is 0 Å². The topological polar surface area (TPSA) is 60.0 Å². The SMILES string of the molecule is FC(F)(F)c1nnc(CN2C3CCC2CC(n2cccn2)C3)o1. The lowest BCUT2D eigenvalue weighted by Gasteiger charge is -2.38. The number of halogens is 3. The van der Waals surface area contributed by atoms with Crippen LogP contribution in [0.4, 0.5) is 13.2 Å². The van der Waals surface area contributed by atoms with E-state index in [4.69, 9.17) is 4.42 Å². The van der Waals surface area contributed by atoms with E-state index in [1.807, 2.05) is 16.9 Å². The zero-order valence-corrected chi connectivity index (χ0v) is 12.3. The standard InChI is InChI=1S/C14H16F3N5O/c15-14(16,17)13-20-19-12(23-13)8-21-9-2-3-10(21)7-11(6-9)22-5-1-4-18-22/h1,4-5,9-11H,2-3,6-8H2. The molecule has 2 aromatic heterocycles. The molecule has 0 aromatic carbocycles. The van der Waals surface area contributed by atoms with E-state index >= 15 is 0 Å². The van der Waals surface area contributed by atoms with Crippen LogP contribution in [0.25, 0.3) is 0 Å². The van der Waals surface area contributed by atoms with Crippen LogP contribution < -0.4 is 0 Å². The Kier molecular flexibility index (Phi) is 3.40. The van der Waals surface area contributed by atoms with Crippen molar-refractivity contribution in [1.82, 2.24) is 24.9 Å². The normalized spacial score (nSPS) is 28.4. The van der Waals surface area contributed by atoms with Crippen molar-refractivity contribution < 1.29 is 17.6 Å². The van der Waals surface area contributed by atoms with Gasteiger partial charge in [-0.2, -0.15) is 18.3 Å². The highest BCUT2D eigenvalue weighted by molar-refractivity contribution is 4.99. The molecule has 0 spiro atoms. The van der Waals surface area contributed by atoms with Crippen LogP contribution in [0.5, 0.6) is 0 Å². The molecule has 2 aliphatic heterocycles. The zero-order chi connectivity index (χ0) is 16.0. The highest BCUT2D eigenvalue weighted by atomic mass is 19.4. The van der Waals surface area contributed by atoms with E-state index < -0.39 is 12.1 Å². The number of aromatic nitrogens is 4. The molecule has 0 aliphatic carbocycles. The van der Waals surface area contributed by atoms with Gasteiger partial charge in [0.2, 0.25) is 5.89 Å². The molecule has 124 valence electrons. The maximum absolute atomic E-state index is 12.5. The minimum Gasteiger partial charge on any atom is -0.416 e. The summed E-state index contributed by atoms with van der Waals surface area (Å²) in [7, 11) is 0. The lowest BCUT2D eigenvalue weighted by atomic mass is 9.97. The van der Waals surface area contributed by atoms with Crippen molar-refractivity contribution in [2.45, 2.75) is 56.5 Å². The largest absolute Gasteiger partial charge is 0.470 e. The molecule has 2 bridgehead atoms. The van der Waals surface area contributed by atoms with E-state index in [9.17, 15) is 13.2 Å². The molecule has 2 saturated heterocycles. The molecule has 23 heavy (non-hydrogen) atoms. The highest BCUT2D eigenvalue weighted by Gasteiger charge is 2.43. The van der Waals surface area contributed by atoms with Crippen molar-refractivity contribution in [3.05, 3.63) is 30.2 Å². The summed E-state index contributed by atoms with van der Waals surface area (Å²) >= 11 is 0. The molecule has 4 rings (SSSR count). The Morgan fingerprint density at radius 2 is 1.87 bits per heavy atom. The molecule has 0 radical (unpaired) electrons. The Morgan fingerprint density at radius 1 is 1.13 bits per heavy atom.